The van der Waals surface area contributed by atoms with Gasteiger partial charge >= 0.3 is 5.51 Å². The fourth-order valence-electron chi connectivity index (χ4n) is 0. The second-order valence-electron chi connectivity index (χ2n) is 1.22. The Hall–Kier alpha value is 0.530. The zero-order valence-corrected chi connectivity index (χ0v) is 8.62. The minimum atomic E-state index is -6.09. The van der Waals surface area contributed by atoms with Crippen molar-refractivity contribution in [3.63, 3.8) is 0 Å². The van der Waals surface area contributed by atoms with Crippen LogP contribution in [0.1, 0.15) is 6.92 Å². The van der Waals surface area contributed by atoms with Crippen LogP contribution in [0.15, 0.2) is 0 Å². The van der Waals surface area contributed by atoms with Crippen LogP contribution in [-0.2, 0) is 36.0 Å². The summed E-state index contributed by atoms with van der Waals surface area (Å²) in [6.07, 6.45) is 0. The number of hydrogen-bond acceptors (Lipinski definition) is 4. The molecule has 12 heavy (non-hydrogen) atoms. The molecule has 4 nitrogen and oxygen atoms in total. The molecule has 0 bridgehead atoms. The Morgan fingerprint density at radius 1 is 1.42 bits per heavy atom. The Balaban J connectivity index is -0.000000177. The van der Waals surface area contributed by atoms with Crippen LogP contribution in [0.4, 0.5) is 13.2 Å². The zero-order valence-electron chi connectivity index (χ0n) is 6.00. The van der Waals surface area contributed by atoms with Crippen LogP contribution in [0.3, 0.4) is 0 Å². The van der Waals surface area contributed by atoms with Crippen molar-refractivity contribution in [2.45, 2.75) is 12.4 Å². The van der Waals surface area contributed by atoms with Crippen molar-refractivity contribution >= 4 is 10.1 Å². The fourth-order valence-corrected chi connectivity index (χ4v) is 0. The first kappa shape index (κ1) is 18.3. The van der Waals surface area contributed by atoms with Gasteiger partial charge in [-0.1, -0.05) is 0 Å². The summed E-state index contributed by atoms with van der Waals surface area (Å²) in [7, 11) is -6.09. The van der Waals surface area contributed by atoms with E-state index >= 15 is 0 Å². The van der Waals surface area contributed by atoms with Crippen LogP contribution in [0.5, 0.6) is 0 Å². The third-order valence-electron chi connectivity index (χ3n) is 0.283. The van der Waals surface area contributed by atoms with Crippen LogP contribution in [-0.4, -0.2) is 30.2 Å². The van der Waals surface area contributed by atoms with Gasteiger partial charge in [0.1, 0.15) is 0 Å². The summed E-state index contributed by atoms with van der Waals surface area (Å²) in [4.78, 5) is 0. The minimum Gasteiger partial charge on any atom is -0.741 e. The summed E-state index contributed by atoms with van der Waals surface area (Å²) < 4.78 is 58.9. The Labute approximate surface area is 86.3 Å². The van der Waals surface area contributed by atoms with E-state index in [2.05, 4.69) is 0 Å². The quantitative estimate of drug-likeness (QED) is 0.479. The van der Waals surface area contributed by atoms with Crippen molar-refractivity contribution in [1.82, 2.24) is 0 Å². The van der Waals surface area contributed by atoms with Gasteiger partial charge in [0.15, 0.2) is 10.1 Å². The molecule has 0 saturated carbocycles. The van der Waals surface area contributed by atoms with Crippen LogP contribution in [0.25, 0.3) is 0 Å². The number of alkyl halides is 3. The van der Waals surface area contributed by atoms with Crippen molar-refractivity contribution in [1.29, 1.82) is 0 Å². The van der Waals surface area contributed by atoms with E-state index in [1.165, 1.54) is 0 Å². The molecule has 73 valence electrons. The zero-order chi connectivity index (χ0) is 9.71. The molecule has 0 spiro atoms. The van der Waals surface area contributed by atoms with Gasteiger partial charge in [0, 0.05) is 32.5 Å². The van der Waals surface area contributed by atoms with E-state index in [4.69, 9.17) is 18.1 Å². The van der Waals surface area contributed by atoms with Gasteiger partial charge in [0.05, 0.1) is 0 Å². The minimum absolute atomic E-state index is 0. The molecule has 0 aliphatic rings. The molecule has 0 aliphatic heterocycles. The smallest absolute Gasteiger partial charge is 0.485 e. The average molecular weight is 240 g/mol. The molecule has 0 saturated heterocycles. The van der Waals surface area contributed by atoms with Crippen LogP contribution in [0, 0.1) is 0 Å². The van der Waals surface area contributed by atoms with Crippen LogP contribution < -0.4 is 0 Å². The molecule has 1 N–H and O–H groups in total. The molecular formula is C3H6F3O4SSc-. The second kappa shape index (κ2) is 6.98. The summed E-state index contributed by atoms with van der Waals surface area (Å²) in [5.41, 5.74) is -5.65. The van der Waals surface area contributed by atoms with Gasteiger partial charge in [-0.15, -0.1) is 0 Å². The van der Waals surface area contributed by atoms with Gasteiger partial charge in [0.25, 0.3) is 0 Å². The maximum absolute atomic E-state index is 10.7. The summed E-state index contributed by atoms with van der Waals surface area (Å²) in [6.45, 7) is 1.93. The summed E-state index contributed by atoms with van der Waals surface area (Å²) in [5.74, 6) is 0. The van der Waals surface area contributed by atoms with E-state index in [9.17, 15) is 13.2 Å². The molecule has 0 atom stereocenters. The number of aliphatic hydroxyl groups excluding tert-OH is 1. The Kier molecular flexibility index (Phi) is 10.7. The van der Waals surface area contributed by atoms with Crippen molar-refractivity contribution in [3.8, 4) is 0 Å². The van der Waals surface area contributed by atoms with E-state index < -0.39 is 15.6 Å². The Morgan fingerprint density at radius 2 is 1.50 bits per heavy atom. The van der Waals surface area contributed by atoms with E-state index in [1.807, 2.05) is 0 Å². The summed E-state index contributed by atoms with van der Waals surface area (Å²) >= 11 is 0. The van der Waals surface area contributed by atoms with E-state index in [-0.39, 0.29) is 32.5 Å². The Bertz CT molecular complexity index is 186. The molecule has 1 radical (unpaired) electrons. The van der Waals surface area contributed by atoms with Gasteiger partial charge in [-0.05, 0) is 6.92 Å². The predicted octanol–water partition coefficient (Wildman–Crippen LogP) is 0.0475. The van der Waals surface area contributed by atoms with Crippen LogP contribution in [0.2, 0.25) is 0 Å². The van der Waals surface area contributed by atoms with Gasteiger partial charge in [-0.25, -0.2) is 8.42 Å². The van der Waals surface area contributed by atoms with Crippen molar-refractivity contribution < 1.29 is 57.1 Å². The second-order valence-corrected chi connectivity index (χ2v) is 2.59. The monoisotopic (exact) mass is 240 g/mol. The molecule has 0 amide bonds. The largest absolute Gasteiger partial charge is 0.741 e. The van der Waals surface area contributed by atoms with E-state index in [0.29, 0.717) is 0 Å². The first-order valence-corrected chi connectivity index (χ1v) is 3.70. The normalized spacial score (nSPS) is 10.8. The van der Waals surface area contributed by atoms with Gasteiger partial charge in [-0.3, -0.25) is 0 Å². The topological polar surface area (TPSA) is 77.4 Å². The van der Waals surface area contributed by atoms with Gasteiger partial charge < -0.3 is 9.66 Å². The number of hydrogen-bond donors (Lipinski definition) is 1. The molecule has 0 aromatic rings. The third kappa shape index (κ3) is 10.5. The fraction of sp³-hybridized carbons (Fsp3) is 1.00. The van der Waals surface area contributed by atoms with Crippen molar-refractivity contribution in [3.05, 3.63) is 0 Å². The van der Waals surface area contributed by atoms with Crippen molar-refractivity contribution in [2.75, 3.05) is 6.61 Å². The van der Waals surface area contributed by atoms with E-state index in [0.717, 1.165) is 0 Å². The first-order chi connectivity index (χ1) is 4.66. The van der Waals surface area contributed by atoms with E-state index in [1.54, 1.807) is 6.92 Å². The molecule has 0 aromatic carbocycles. The SMILES string of the molecule is CCO.O=S(=O)([O-])C(F)(F)F.[Sc]. The molecule has 0 rings (SSSR count). The van der Waals surface area contributed by atoms with Crippen molar-refractivity contribution in [2.24, 2.45) is 0 Å². The molecule has 0 heterocycles. The maximum atomic E-state index is 10.7. The molecule has 0 unspecified atom stereocenters. The number of halogens is 3. The molecule has 0 fully saturated rings. The summed E-state index contributed by atoms with van der Waals surface area (Å²) in [5, 5.41) is 7.57. The number of aliphatic hydroxyl groups is 1. The third-order valence-corrected chi connectivity index (χ3v) is 0.850. The Morgan fingerprint density at radius 3 is 1.50 bits per heavy atom. The van der Waals surface area contributed by atoms with Gasteiger partial charge in [0.2, 0.25) is 0 Å². The standard InChI is InChI=1S/C2H6O.CHF3O3S.Sc/c1-2-3;2-1(3,4)8(5,6)7;/h3H,2H2,1H3;(H,5,6,7);/p-1. The molecular weight excluding hydrogens is 234 g/mol. The van der Waals surface area contributed by atoms with Gasteiger partial charge in [-0.2, -0.15) is 13.2 Å². The molecule has 9 heteroatoms. The maximum Gasteiger partial charge on any atom is 0.485 e. The summed E-state index contributed by atoms with van der Waals surface area (Å²) in [6, 6.07) is 0. The average Bonchev–Trinajstić information content (AvgIpc) is 1.60. The first-order valence-electron chi connectivity index (χ1n) is 2.29. The molecule has 0 aliphatic carbocycles. The number of rotatable bonds is 0. The van der Waals surface area contributed by atoms with Crippen LogP contribution >= 0.6 is 0 Å². The molecule has 0 aromatic heterocycles. The predicted molar refractivity (Wildman–Crippen MR) is 28.5 cm³/mol.